The lowest BCUT2D eigenvalue weighted by Gasteiger charge is -2.17. The fourth-order valence-corrected chi connectivity index (χ4v) is 2.05. The molecule has 0 atom stereocenters. The molecular formula is C14H19N3O2. The standard InChI is InChI=1S/C14H19N3O2/c1-10-4-5-13(18-3)11(6-10)8-17(2)9-12-7-14(15)16-19-12/h4-7H,8-9H2,1-3H3,(H2,15,16). The first kappa shape index (κ1) is 13.4. The minimum absolute atomic E-state index is 0.413. The van der Waals surface area contributed by atoms with Crippen molar-refractivity contribution in [2.24, 2.45) is 0 Å². The molecule has 0 aliphatic rings. The summed E-state index contributed by atoms with van der Waals surface area (Å²) in [6.07, 6.45) is 0. The van der Waals surface area contributed by atoms with Crippen molar-refractivity contribution in [1.29, 1.82) is 0 Å². The summed E-state index contributed by atoms with van der Waals surface area (Å²) in [5, 5.41) is 3.68. The highest BCUT2D eigenvalue weighted by molar-refractivity contribution is 5.36. The van der Waals surface area contributed by atoms with Gasteiger partial charge in [0.1, 0.15) is 5.75 Å². The number of aromatic nitrogens is 1. The highest BCUT2D eigenvalue weighted by Crippen LogP contribution is 2.21. The highest BCUT2D eigenvalue weighted by Gasteiger charge is 2.09. The minimum Gasteiger partial charge on any atom is -0.496 e. The molecule has 1 aromatic carbocycles. The van der Waals surface area contributed by atoms with Gasteiger partial charge < -0.3 is 15.0 Å². The van der Waals surface area contributed by atoms with Crippen LogP contribution in [0.2, 0.25) is 0 Å². The normalized spacial score (nSPS) is 10.9. The lowest BCUT2D eigenvalue weighted by Crippen LogP contribution is -2.17. The molecule has 0 amide bonds. The molecule has 0 saturated heterocycles. The fraction of sp³-hybridized carbons (Fsp3) is 0.357. The molecule has 2 N–H and O–H groups in total. The molecule has 0 saturated carbocycles. The number of nitrogens with two attached hydrogens (primary N) is 1. The summed E-state index contributed by atoms with van der Waals surface area (Å²) in [6.45, 7) is 3.49. The number of hydrogen-bond donors (Lipinski definition) is 1. The van der Waals surface area contributed by atoms with Gasteiger partial charge in [-0.1, -0.05) is 22.9 Å². The van der Waals surface area contributed by atoms with Crippen LogP contribution in [0, 0.1) is 6.92 Å². The van der Waals surface area contributed by atoms with Crippen molar-refractivity contribution in [2.75, 3.05) is 19.9 Å². The van der Waals surface area contributed by atoms with E-state index in [9.17, 15) is 0 Å². The number of methoxy groups -OCH3 is 1. The predicted octanol–water partition coefficient (Wildman–Crippen LogP) is 2.21. The molecule has 1 aromatic heterocycles. The third-order valence-corrected chi connectivity index (χ3v) is 2.88. The Labute approximate surface area is 112 Å². The topological polar surface area (TPSA) is 64.5 Å². The van der Waals surface area contributed by atoms with Gasteiger partial charge in [-0.3, -0.25) is 4.90 Å². The first-order valence-electron chi connectivity index (χ1n) is 6.11. The summed E-state index contributed by atoms with van der Waals surface area (Å²) >= 11 is 0. The number of ether oxygens (including phenoxy) is 1. The van der Waals surface area contributed by atoms with Crippen LogP contribution in [-0.4, -0.2) is 24.2 Å². The van der Waals surface area contributed by atoms with Crippen molar-refractivity contribution >= 4 is 5.82 Å². The first-order chi connectivity index (χ1) is 9.08. The van der Waals surface area contributed by atoms with Gasteiger partial charge in [0, 0.05) is 18.2 Å². The molecule has 102 valence electrons. The smallest absolute Gasteiger partial charge is 0.167 e. The maximum absolute atomic E-state index is 5.53. The van der Waals surface area contributed by atoms with Gasteiger partial charge >= 0.3 is 0 Å². The molecule has 2 rings (SSSR count). The summed E-state index contributed by atoms with van der Waals surface area (Å²) in [6, 6.07) is 7.90. The molecule has 5 heteroatoms. The van der Waals surface area contributed by atoms with Crippen molar-refractivity contribution in [3.05, 3.63) is 41.2 Å². The molecular weight excluding hydrogens is 242 g/mol. The Balaban J connectivity index is 2.05. The fourth-order valence-electron chi connectivity index (χ4n) is 2.05. The van der Waals surface area contributed by atoms with Crippen molar-refractivity contribution in [1.82, 2.24) is 10.1 Å². The summed E-state index contributed by atoms with van der Waals surface area (Å²) in [7, 11) is 3.70. The van der Waals surface area contributed by atoms with Gasteiger partial charge in [0.25, 0.3) is 0 Å². The molecule has 0 bridgehead atoms. The molecule has 0 radical (unpaired) electrons. The van der Waals surface area contributed by atoms with Gasteiger partial charge in [0.2, 0.25) is 0 Å². The van der Waals surface area contributed by atoms with E-state index in [-0.39, 0.29) is 0 Å². The van der Waals surface area contributed by atoms with E-state index < -0.39 is 0 Å². The number of hydrogen-bond acceptors (Lipinski definition) is 5. The van der Waals surface area contributed by atoms with Crippen LogP contribution in [0.1, 0.15) is 16.9 Å². The number of aryl methyl sites for hydroxylation is 1. The van der Waals surface area contributed by atoms with Gasteiger partial charge in [-0.25, -0.2) is 0 Å². The first-order valence-corrected chi connectivity index (χ1v) is 6.11. The summed E-state index contributed by atoms with van der Waals surface area (Å²) in [5.41, 5.74) is 7.90. The van der Waals surface area contributed by atoms with Crippen molar-refractivity contribution < 1.29 is 9.26 Å². The lowest BCUT2D eigenvalue weighted by atomic mass is 10.1. The van der Waals surface area contributed by atoms with Crippen molar-refractivity contribution in [2.45, 2.75) is 20.0 Å². The average Bonchev–Trinajstić information content (AvgIpc) is 2.75. The van der Waals surface area contributed by atoms with E-state index in [0.29, 0.717) is 12.4 Å². The maximum atomic E-state index is 5.53. The van der Waals surface area contributed by atoms with E-state index in [0.717, 1.165) is 23.6 Å². The minimum atomic E-state index is 0.413. The molecule has 2 aromatic rings. The van der Waals surface area contributed by atoms with E-state index in [1.54, 1.807) is 13.2 Å². The molecule has 0 spiro atoms. The average molecular weight is 261 g/mol. The van der Waals surface area contributed by atoms with Crippen LogP contribution in [0.3, 0.4) is 0 Å². The Bertz CT molecular complexity index is 551. The lowest BCUT2D eigenvalue weighted by molar-refractivity contribution is 0.263. The molecule has 19 heavy (non-hydrogen) atoms. The monoisotopic (exact) mass is 261 g/mol. The van der Waals surface area contributed by atoms with Crippen LogP contribution in [-0.2, 0) is 13.1 Å². The Morgan fingerprint density at radius 2 is 2.11 bits per heavy atom. The summed E-state index contributed by atoms with van der Waals surface area (Å²) in [5.74, 6) is 2.07. The van der Waals surface area contributed by atoms with E-state index >= 15 is 0 Å². The number of rotatable bonds is 5. The van der Waals surface area contributed by atoms with Crippen LogP contribution in [0.15, 0.2) is 28.8 Å². The van der Waals surface area contributed by atoms with E-state index in [1.165, 1.54) is 5.56 Å². The number of anilines is 1. The zero-order chi connectivity index (χ0) is 13.8. The van der Waals surface area contributed by atoms with Crippen LogP contribution in [0.5, 0.6) is 5.75 Å². The van der Waals surface area contributed by atoms with Crippen LogP contribution in [0.25, 0.3) is 0 Å². The highest BCUT2D eigenvalue weighted by atomic mass is 16.5. The Kier molecular flexibility index (Phi) is 4.06. The molecule has 5 nitrogen and oxygen atoms in total. The quantitative estimate of drug-likeness (QED) is 0.894. The molecule has 1 heterocycles. The predicted molar refractivity (Wildman–Crippen MR) is 73.8 cm³/mol. The van der Waals surface area contributed by atoms with Crippen LogP contribution < -0.4 is 10.5 Å². The molecule has 0 fully saturated rings. The maximum Gasteiger partial charge on any atom is 0.167 e. The van der Waals surface area contributed by atoms with Crippen molar-refractivity contribution in [3.63, 3.8) is 0 Å². The van der Waals surface area contributed by atoms with Gasteiger partial charge in [-0.05, 0) is 20.0 Å². The number of benzene rings is 1. The third kappa shape index (κ3) is 3.48. The van der Waals surface area contributed by atoms with E-state index in [4.69, 9.17) is 15.0 Å². The molecule has 0 unspecified atom stereocenters. The second-order valence-corrected chi connectivity index (χ2v) is 4.71. The molecule has 0 aliphatic heterocycles. The summed E-state index contributed by atoms with van der Waals surface area (Å²) in [4.78, 5) is 2.12. The van der Waals surface area contributed by atoms with Crippen molar-refractivity contribution in [3.8, 4) is 5.75 Å². The zero-order valence-electron chi connectivity index (χ0n) is 11.5. The van der Waals surface area contributed by atoms with Gasteiger partial charge in [0.15, 0.2) is 11.6 Å². The summed E-state index contributed by atoms with van der Waals surface area (Å²) < 4.78 is 10.5. The van der Waals surface area contributed by atoms with Crippen LogP contribution in [0.4, 0.5) is 5.82 Å². The van der Waals surface area contributed by atoms with Crippen LogP contribution >= 0.6 is 0 Å². The third-order valence-electron chi connectivity index (χ3n) is 2.88. The molecule has 0 aliphatic carbocycles. The SMILES string of the molecule is COc1ccc(C)cc1CN(C)Cc1cc(N)no1. The Hall–Kier alpha value is -2.01. The largest absolute Gasteiger partial charge is 0.496 e. The Morgan fingerprint density at radius 1 is 1.32 bits per heavy atom. The number of nitrogen functional groups attached to an aromatic ring is 1. The number of nitrogens with zero attached hydrogens (tertiary/aromatic N) is 2. The van der Waals surface area contributed by atoms with E-state index in [1.807, 2.05) is 19.2 Å². The van der Waals surface area contributed by atoms with E-state index in [2.05, 4.69) is 23.0 Å². The van der Waals surface area contributed by atoms with Gasteiger partial charge in [0.05, 0.1) is 13.7 Å². The Morgan fingerprint density at radius 3 is 2.74 bits per heavy atom. The van der Waals surface area contributed by atoms with Gasteiger partial charge in [-0.2, -0.15) is 0 Å². The second kappa shape index (κ2) is 5.75. The van der Waals surface area contributed by atoms with Gasteiger partial charge in [-0.15, -0.1) is 0 Å². The second-order valence-electron chi connectivity index (χ2n) is 4.71. The zero-order valence-corrected chi connectivity index (χ0v) is 11.5.